The summed E-state index contributed by atoms with van der Waals surface area (Å²) in [6.07, 6.45) is 7.06. The van der Waals surface area contributed by atoms with Gasteiger partial charge in [-0.2, -0.15) is 0 Å². The van der Waals surface area contributed by atoms with Crippen molar-refractivity contribution in [2.45, 2.75) is 110 Å². The maximum absolute atomic E-state index is 14.3. The fourth-order valence-corrected chi connectivity index (χ4v) is 11.6. The molecule has 5 aliphatic carbocycles. The highest BCUT2D eigenvalue weighted by atomic mass is 35.5. The molecule has 0 amide bonds. The number of carbonyl (C=O) groups excluding carboxylic acids is 6. The van der Waals surface area contributed by atoms with Crippen LogP contribution in [0.1, 0.15) is 97.8 Å². The van der Waals surface area contributed by atoms with Gasteiger partial charge >= 0.3 is 11.9 Å². The van der Waals surface area contributed by atoms with Gasteiger partial charge in [0.05, 0.1) is 10.8 Å². The van der Waals surface area contributed by atoms with E-state index in [4.69, 9.17) is 21.1 Å². The molecule has 230 valence electrons. The Morgan fingerprint density at radius 3 is 2.28 bits per heavy atom. The number of hydrogen-bond donors (Lipinski definition) is 0. The van der Waals surface area contributed by atoms with Crippen LogP contribution in [-0.4, -0.2) is 46.8 Å². The second-order valence-electron chi connectivity index (χ2n) is 14.6. The molecule has 3 saturated carbocycles. The summed E-state index contributed by atoms with van der Waals surface area (Å²) in [5, 5.41) is 0.358. The molecule has 0 aromatic carbocycles. The number of halogens is 1. The molecule has 0 spiro atoms. The van der Waals surface area contributed by atoms with Crippen LogP contribution in [0.5, 0.6) is 0 Å². The van der Waals surface area contributed by atoms with Crippen molar-refractivity contribution in [2.24, 2.45) is 39.4 Å². The van der Waals surface area contributed by atoms with Crippen LogP contribution in [-0.2, 0) is 38.2 Å². The van der Waals surface area contributed by atoms with Crippen molar-refractivity contribution < 1.29 is 38.2 Å². The Morgan fingerprint density at radius 2 is 1.58 bits per heavy atom. The molecule has 8 nitrogen and oxygen atoms in total. The molecule has 0 N–H and O–H groups in total. The highest BCUT2D eigenvalue weighted by molar-refractivity contribution is 6.33. The van der Waals surface area contributed by atoms with Gasteiger partial charge in [0, 0.05) is 54.9 Å². The number of Topliss-reactive ketones (excluding diaryl/α,β-unsaturated/α-hetero) is 3. The summed E-state index contributed by atoms with van der Waals surface area (Å²) < 4.78 is 12.1. The molecular weight excluding hydrogens is 572 g/mol. The lowest BCUT2D eigenvalue weighted by atomic mass is 9.43. The lowest BCUT2D eigenvalue weighted by Crippen LogP contribution is -2.61. The zero-order valence-corrected chi connectivity index (χ0v) is 25.8. The molecule has 0 aromatic rings. The lowest BCUT2D eigenvalue weighted by molar-refractivity contribution is -0.168. The molecule has 5 fully saturated rings. The van der Waals surface area contributed by atoms with Gasteiger partial charge in [0.15, 0.2) is 5.60 Å². The molecular formula is C34H39ClO8. The number of hydrogen-bond acceptors (Lipinski definition) is 8. The number of esters is 2. The lowest BCUT2D eigenvalue weighted by Gasteiger charge is -2.60. The number of ketones is 4. The van der Waals surface area contributed by atoms with Gasteiger partial charge in [0.2, 0.25) is 5.78 Å². The molecule has 1 unspecified atom stereocenters. The van der Waals surface area contributed by atoms with E-state index in [9.17, 15) is 28.8 Å². The third-order valence-electron chi connectivity index (χ3n) is 13.2. The van der Waals surface area contributed by atoms with Gasteiger partial charge in [-0.15, -0.1) is 0 Å². The molecule has 7 aliphatic rings. The molecule has 0 radical (unpaired) electrons. The third kappa shape index (κ3) is 3.34. The van der Waals surface area contributed by atoms with E-state index in [1.807, 2.05) is 19.9 Å². The summed E-state index contributed by atoms with van der Waals surface area (Å²) in [6.45, 7) is 5.49. The molecule has 2 saturated heterocycles. The second-order valence-corrected chi connectivity index (χ2v) is 15.0. The summed E-state index contributed by atoms with van der Waals surface area (Å²) in [5.74, 6) is -2.48. The average Bonchev–Trinajstić information content (AvgIpc) is 3.56. The van der Waals surface area contributed by atoms with Crippen molar-refractivity contribution in [3.05, 3.63) is 22.8 Å². The van der Waals surface area contributed by atoms with Crippen molar-refractivity contribution in [3.63, 3.8) is 0 Å². The number of rotatable bonds is 1. The minimum Gasteiger partial charge on any atom is -0.462 e. The Balaban J connectivity index is 1.41. The zero-order chi connectivity index (χ0) is 30.7. The largest absolute Gasteiger partial charge is 0.462 e. The quantitative estimate of drug-likeness (QED) is 0.296. The molecule has 2 heterocycles. The minimum absolute atomic E-state index is 0.0735. The topological polar surface area (TPSA) is 121 Å². The highest BCUT2D eigenvalue weighted by Gasteiger charge is 2.88. The summed E-state index contributed by atoms with van der Waals surface area (Å²) in [6, 6.07) is 0. The number of allylic oxidation sites excluding steroid dienone is 3. The Labute approximate surface area is 256 Å². The Bertz CT molecular complexity index is 1460. The molecule has 9 heteroatoms. The zero-order valence-electron chi connectivity index (χ0n) is 25.1. The fraction of sp³-hybridized carbons (Fsp3) is 0.706. The van der Waals surface area contributed by atoms with Crippen LogP contribution < -0.4 is 0 Å². The van der Waals surface area contributed by atoms with E-state index in [0.29, 0.717) is 49.1 Å². The highest BCUT2D eigenvalue weighted by Crippen LogP contribution is 2.81. The number of fused-ring (bicyclic) bond motifs is 9. The average molecular weight is 611 g/mol. The second kappa shape index (κ2) is 9.21. The van der Waals surface area contributed by atoms with E-state index in [2.05, 4.69) is 0 Å². The van der Waals surface area contributed by atoms with Gasteiger partial charge in [0.25, 0.3) is 0 Å². The molecule has 9 atom stereocenters. The minimum atomic E-state index is -1.54. The van der Waals surface area contributed by atoms with Crippen LogP contribution in [0.25, 0.3) is 0 Å². The van der Waals surface area contributed by atoms with Crippen LogP contribution in [0.2, 0.25) is 0 Å². The van der Waals surface area contributed by atoms with E-state index < -0.39 is 45.3 Å². The number of carbonyl (C=O) groups is 6. The van der Waals surface area contributed by atoms with Crippen LogP contribution in [0, 0.1) is 39.4 Å². The molecule has 43 heavy (non-hydrogen) atoms. The van der Waals surface area contributed by atoms with Crippen LogP contribution in [0.15, 0.2) is 22.8 Å². The van der Waals surface area contributed by atoms with E-state index >= 15 is 0 Å². The summed E-state index contributed by atoms with van der Waals surface area (Å²) in [5.41, 5.74) is -5.20. The van der Waals surface area contributed by atoms with Crippen molar-refractivity contribution >= 4 is 46.7 Å². The standard InChI is InChI=1S/C34H39ClO8/c1-18(36)32-16-23(42-27(40)10-6-4-8-24(32)37)29-19-14-22(35)21-15-26(39)34-17-33(34,25(38)9-5-7-11-28(41)43-34)31(21,3)20(19)12-13-30(29,32)2/h14-15,19-20,23,29H,4-13,16-17H2,1-3H3/t19-,20+,23?,29-,30+,31-,32-,33+,34-/m1/s1. The Kier molecular flexibility index (Phi) is 6.24. The Morgan fingerprint density at radius 1 is 0.930 bits per heavy atom. The van der Waals surface area contributed by atoms with E-state index in [-0.39, 0.29) is 79.5 Å². The molecule has 0 aromatic heterocycles. The first kappa shape index (κ1) is 29.1. The smallest absolute Gasteiger partial charge is 0.306 e. The van der Waals surface area contributed by atoms with Gasteiger partial charge < -0.3 is 9.47 Å². The SMILES string of the molecule is CC(=O)[C@]12CC(OC(=O)CCCCC1=O)[C@H]1[C@@H]3C=C(Cl)C4=CC(=O)[C@]56C[C@]5(C(=O)CCCCC(=O)O6)[C@]4(C)[C@H]3CC[C@@]12C. The first-order valence-corrected chi connectivity index (χ1v) is 16.3. The van der Waals surface area contributed by atoms with Gasteiger partial charge in [-0.25, -0.2) is 0 Å². The normalized spacial score (nSPS) is 47.4. The summed E-state index contributed by atoms with van der Waals surface area (Å²) in [7, 11) is 0. The van der Waals surface area contributed by atoms with E-state index in [1.165, 1.54) is 13.0 Å². The van der Waals surface area contributed by atoms with Gasteiger partial charge in [-0.3, -0.25) is 28.8 Å². The van der Waals surface area contributed by atoms with E-state index in [1.54, 1.807) is 0 Å². The Hall–Kier alpha value is -2.61. The van der Waals surface area contributed by atoms with Crippen LogP contribution >= 0.6 is 11.6 Å². The van der Waals surface area contributed by atoms with Crippen molar-refractivity contribution in [1.29, 1.82) is 0 Å². The summed E-state index contributed by atoms with van der Waals surface area (Å²) >= 11 is 7.09. The van der Waals surface area contributed by atoms with Gasteiger partial charge in [-0.1, -0.05) is 31.5 Å². The van der Waals surface area contributed by atoms with Crippen molar-refractivity contribution in [2.75, 3.05) is 0 Å². The van der Waals surface area contributed by atoms with Gasteiger partial charge in [0.1, 0.15) is 23.5 Å². The maximum atomic E-state index is 14.3. The molecule has 2 bridgehead atoms. The van der Waals surface area contributed by atoms with Crippen molar-refractivity contribution in [1.82, 2.24) is 0 Å². The van der Waals surface area contributed by atoms with Crippen molar-refractivity contribution in [3.8, 4) is 0 Å². The third-order valence-corrected chi connectivity index (χ3v) is 13.5. The first-order valence-electron chi connectivity index (χ1n) is 15.9. The molecule has 7 rings (SSSR count). The maximum Gasteiger partial charge on any atom is 0.306 e. The van der Waals surface area contributed by atoms with Crippen LogP contribution in [0.3, 0.4) is 0 Å². The predicted molar refractivity (Wildman–Crippen MR) is 153 cm³/mol. The summed E-state index contributed by atoms with van der Waals surface area (Å²) in [4.78, 5) is 81.6. The van der Waals surface area contributed by atoms with Gasteiger partial charge in [-0.05, 0) is 74.3 Å². The number of ether oxygens (including phenoxy) is 2. The van der Waals surface area contributed by atoms with Crippen LogP contribution in [0.4, 0.5) is 0 Å². The fourth-order valence-electron chi connectivity index (χ4n) is 11.2. The molecule has 2 aliphatic heterocycles. The monoisotopic (exact) mass is 610 g/mol. The predicted octanol–water partition coefficient (Wildman–Crippen LogP) is 5.14. The van der Waals surface area contributed by atoms with E-state index in [0.717, 1.165) is 0 Å². The first-order chi connectivity index (χ1) is 20.3.